The monoisotopic (exact) mass is 216 g/mol. The normalized spacial score (nSPS) is 33.0. The lowest BCUT2D eigenvalue weighted by Gasteiger charge is -2.35. The molecule has 16 heavy (non-hydrogen) atoms. The first-order valence-corrected chi connectivity index (χ1v) is 6.43. The number of benzene rings is 1. The minimum atomic E-state index is -0.0314. The highest BCUT2D eigenvalue weighted by Gasteiger charge is 2.39. The molecule has 1 aromatic carbocycles. The number of aliphatic hydroxyl groups excluding tert-OH is 1. The fraction of sp³-hybridized carbons (Fsp3) is 0.600. The molecule has 0 amide bonds. The lowest BCUT2D eigenvalue weighted by molar-refractivity contribution is 0.0675. The number of hydrogen-bond donors (Lipinski definition) is 1. The van der Waals surface area contributed by atoms with Crippen LogP contribution in [0.25, 0.3) is 0 Å². The first-order valence-electron chi connectivity index (χ1n) is 6.43. The molecule has 0 bridgehead atoms. The number of hydrogen-bond acceptors (Lipinski definition) is 1. The molecule has 0 saturated heterocycles. The van der Waals surface area contributed by atoms with E-state index in [0.29, 0.717) is 5.41 Å². The average molecular weight is 216 g/mol. The van der Waals surface area contributed by atoms with Gasteiger partial charge in [-0.05, 0) is 62.0 Å². The highest BCUT2D eigenvalue weighted by atomic mass is 16.3. The van der Waals surface area contributed by atoms with Crippen LogP contribution in [-0.4, -0.2) is 11.2 Å². The standard InChI is InChI=1S/C15H20O/c1-11-2-3-12-9-15(10-13(12)8-11)6-4-14(16)5-7-15/h2-3,8,14,16H,4-7,9-10H2,1H3. The molecule has 0 radical (unpaired) electrons. The summed E-state index contributed by atoms with van der Waals surface area (Å²) in [5.74, 6) is 0. The van der Waals surface area contributed by atoms with Gasteiger partial charge in [0.05, 0.1) is 6.10 Å². The molecule has 3 rings (SSSR count). The summed E-state index contributed by atoms with van der Waals surface area (Å²) in [7, 11) is 0. The molecular weight excluding hydrogens is 196 g/mol. The molecule has 1 heteroatoms. The third-order valence-corrected chi connectivity index (χ3v) is 4.51. The average Bonchev–Trinajstić information content (AvgIpc) is 2.60. The molecule has 2 aliphatic carbocycles. The van der Waals surface area contributed by atoms with E-state index >= 15 is 0 Å². The molecule has 0 aromatic heterocycles. The Hall–Kier alpha value is -0.820. The van der Waals surface area contributed by atoms with Gasteiger partial charge in [0.2, 0.25) is 0 Å². The van der Waals surface area contributed by atoms with Crippen LogP contribution in [0.2, 0.25) is 0 Å². The molecule has 1 aromatic rings. The molecule has 1 nitrogen and oxygen atoms in total. The van der Waals surface area contributed by atoms with Crippen LogP contribution in [0, 0.1) is 12.3 Å². The molecule has 1 saturated carbocycles. The van der Waals surface area contributed by atoms with Crippen molar-refractivity contribution >= 4 is 0 Å². The second-order valence-electron chi connectivity index (χ2n) is 5.86. The highest BCUT2D eigenvalue weighted by Crippen LogP contribution is 2.47. The van der Waals surface area contributed by atoms with Crippen LogP contribution in [-0.2, 0) is 12.8 Å². The Balaban J connectivity index is 1.84. The van der Waals surface area contributed by atoms with Crippen molar-refractivity contribution in [2.24, 2.45) is 5.41 Å². The van der Waals surface area contributed by atoms with Crippen molar-refractivity contribution in [3.05, 3.63) is 34.9 Å². The topological polar surface area (TPSA) is 20.2 Å². The van der Waals surface area contributed by atoms with Crippen molar-refractivity contribution in [2.45, 2.75) is 51.6 Å². The van der Waals surface area contributed by atoms with Crippen LogP contribution in [0.3, 0.4) is 0 Å². The van der Waals surface area contributed by atoms with E-state index < -0.39 is 0 Å². The van der Waals surface area contributed by atoms with E-state index in [0.717, 1.165) is 12.8 Å². The fourth-order valence-corrected chi connectivity index (χ4v) is 3.53. The van der Waals surface area contributed by atoms with E-state index in [1.165, 1.54) is 31.2 Å². The minimum Gasteiger partial charge on any atom is -0.393 e. The van der Waals surface area contributed by atoms with Crippen molar-refractivity contribution in [3.8, 4) is 0 Å². The number of aryl methyl sites for hydroxylation is 1. The summed E-state index contributed by atoms with van der Waals surface area (Å²) in [6.45, 7) is 2.18. The van der Waals surface area contributed by atoms with Crippen LogP contribution < -0.4 is 0 Å². The smallest absolute Gasteiger partial charge is 0.0540 e. The molecule has 1 fully saturated rings. The van der Waals surface area contributed by atoms with Gasteiger partial charge in [0, 0.05) is 0 Å². The van der Waals surface area contributed by atoms with Crippen LogP contribution in [0.4, 0.5) is 0 Å². The van der Waals surface area contributed by atoms with Crippen LogP contribution >= 0.6 is 0 Å². The summed E-state index contributed by atoms with van der Waals surface area (Å²) in [4.78, 5) is 0. The predicted molar refractivity (Wildman–Crippen MR) is 65.5 cm³/mol. The van der Waals surface area contributed by atoms with Crippen LogP contribution in [0.15, 0.2) is 18.2 Å². The summed E-state index contributed by atoms with van der Waals surface area (Å²) in [5.41, 5.74) is 5.00. The zero-order valence-electron chi connectivity index (χ0n) is 10.00. The SMILES string of the molecule is Cc1ccc2c(c1)CC1(CCC(O)CC1)C2. The Labute approximate surface area is 97.5 Å². The van der Waals surface area contributed by atoms with E-state index in [1.54, 1.807) is 11.1 Å². The van der Waals surface area contributed by atoms with Crippen LogP contribution in [0.1, 0.15) is 42.4 Å². The Bertz CT molecular complexity index is 400. The Morgan fingerprint density at radius 2 is 1.81 bits per heavy atom. The number of rotatable bonds is 0. The molecule has 2 aliphatic rings. The van der Waals surface area contributed by atoms with Gasteiger partial charge >= 0.3 is 0 Å². The summed E-state index contributed by atoms with van der Waals surface area (Å²) in [5, 5.41) is 9.61. The fourth-order valence-electron chi connectivity index (χ4n) is 3.53. The molecule has 1 spiro atoms. The van der Waals surface area contributed by atoms with Gasteiger partial charge in [0.15, 0.2) is 0 Å². The minimum absolute atomic E-state index is 0.0314. The second kappa shape index (κ2) is 3.59. The summed E-state index contributed by atoms with van der Waals surface area (Å²) in [6.07, 6.45) is 6.89. The maximum Gasteiger partial charge on any atom is 0.0540 e. The Morgan fingerprint density at radius 1 is 1.12 bits per heavy atom. The highest BCUT2D eigenvalue weighted by molar-refractivity contribution is 5.37. The first-order chi connectivity index (χ1) is 7.67. The van der Waals surface area contributed by atoms with Crippen molar-refractivity contribution in [1.29, 1.82) is 0 Å². The van der Waals surface area contributed by atoms with Gasteiger partial charge in [-0.1, -0.05) is 23.8 Å². The molecule has 1 N–H and O–H groups in total. The maximum atomic E-state index is 9.61. The quantitative estimate of drug-likeness (QED) is 0.707. The van der Waals surface area contributed by atoms with E-state index in [9.17, 15) is 5.11 Å². The third kappa shape index (κ3) is 1.67. The van der Waals surface area contributed by atoms with Gasteiger partial charge in [-0.25, -0.2) is 0 Å². The molecule has 0 atom stereocenters. The van der Waals surface area contributed by atoms with Crippen molar-refractivity contribution in [1.82, 2.24) is 0 Å². The van der Waals surface area contributed by atoms with E-state index in [1.807, 2.05) is 0 Å². The Kier molecular flexibility index (Phi) is 2.32. The maximum absolute atomic E-state index is 9.61. The lowest BCUT2D eigenvalue weighted by Crippen LogP contribution is -2.30. The second-order valence-corrected chi connectivity index (χ2v) is 5.86. The van der Waals surface area contributed by atoms with Crippen molar-refractivity contribution in [3.63, 3.8) is 0 Å². The molecule has 86 valence electrons. The van der Waals surface area contributed by atoms with Crippen molar-refractivity contribution in [2.75, 3.05) is 0 Å². The molecule has 0 aliphatic heterocycles. The zero-order chi connectivity index (χ0) is 11.2. The van der Waals surface area contributed by atoms with Crippen molar-refractivity contribution < 1.29 is 5.11 Å². The van der Waals surface area contributed by atoms with Crippen LogP contribution in [0.5, 0.6) is 0 Å². The van der Waals surface area contributed by atoms with Gasteiger partial charge in [-0.15, -0.1) is 0 Å². The Morgan fingerprint density at radius 3 is 2.56 bits per heavy atom. The largest absolute Gasteiger partial charge is 0.393 e. The lowest BCUT2D eigenvalue weighted by atomic mass is 9.71. The summed E-state index contributed by atoms with van der Waals surface area (Å²) >= 11 is 0. The van der Waals surface area contributed by atoms with E-state index in [-0.39, 0.29) is 6.10 Å². The van der Waals surface area contributed by atoms with Gasteiger partial charge in [0.25, 0.3) is 0 Å². The third-order valence-electron chi connectivity index (χ3n) is 4.51. The van der Waals surface area contributed by atoms with Gasteiger partial charge in [0.1, 0.15) is 0 Å². The van der Waals surface area contributed by atoms with E-state index in [4.69, 9.17) is 0 Å². The number of fused-ring (bicyclic) bond motifs is 1. The summed E-state index contributed by atoms with van der Waals surface area (Å²) in [6, 6.07) is 6.90. The summed E-state index contributed by atoms with van der Waals surface area (Å²) < 4.78 is 0. The first kappa shape index (κ1) is 10.3. The zero-order valence-corrected chi connectivity index (χ0v) is 10.00. The predicted octanol–water partition coefficient (Wildman–Crippen LogP) is 3.01. The molecular formula is C15H20O. The van der Waals surface area contributed by atoms with Gasteiger partial charge in [-0.3, -0.25) is 0 Å². The van der Waals surface area contributed by atoms with Gasteiger partial charge < -0.3 is 5.11 Å². The molecule has 0 unspecified atom stereocenters. The van der Waals surface area contributed by atoms with Gasteiger partial charge in [-0.2, -0.15) is 0 Å². The molecule has 0 heterocycles. The van der Waals surface area contributed by atoms with E-state index in [2.05, 4.69) is 25.1 Å². The number of aliphatic hydroxyl groups is 1.